The predicted molar refractivity (Wildman–Crippen MR) is 68.1 cm³/mol. The molecule has 8 heteroatoms. The Bertz CT molecular complexity index is 520. The third-order valence-electron chi connectivity index (χ3n) is 2.34. The van der Waals surface area contributed by atoms with E-state index < -0.39 is 0 Å². The van der Waals surface area contributed by atoms with Gasteiger partial charge in [-0.05, 0) is 13.8 Å². The van der Waals surface area contributed by atoms with Gasteiger partial charge in [-0.2, -0.15) is 0 Å². The molecule has 2 rings (SSSR count). The fourth-order valence-corrected chi connectivity index (χ4v) is 2.40. The Labute approximate surface area is 109 Å². The van der Waals surface area contributed by atoms with Gasteiger partial charge in [0.1, 0.15) is 0 Å². The molecule has 0 aliphatic carbocycles. The number of nitrogens with zero attached hydrogens (tertiary/aromatic N) is 5. The molecule has 0 aliphatic heterocycles. The number of hydrogen-bond donors (Lipinski definition) is 1. The quantitative estimate of drug-likeness (QED) is 0.824. The molecule has 0 spiro atoms. The molecule has 0 saturated heterocycles. The molecule has 0 atom stereocenters. The Morgan fingerprint density at radius 1 is 1.22 bits per heavy atom. The van der Waals surface area contributed by atoms with Gasteiger partial charge in [-0.15, -0.1) is 20.4 Å². The number of nitrogen functional groups attached to an aromatic ring is 1. The molecule has 0 aliphatic rings. The molecule has 18 heavy (non-hydrogen) atoms. The van der Waals surface area contributed by atoms with Crippen LogP contribution in [0, 0.1) is 0 Å². The lowest BCUT2D eigenvalue weighted by molar-refractivity contribution is 0.469. The molecule has 0 amide bonds. The minimum Gasteiger partial charge on any atom is -0.424 e. The van der Waals surface area contributed by atoms with E-state index in [2.05, 4.69) is 20.4 Å². The molecule has 0 saturated carbocycles. The van der Waals surface area contributed by atoms with Crippen LogP contribution in [0.15, 0.2) is 9.57 Å². The van der Waals surface area contributed by atoms with Crippen LogP contribution < -0.4 is 5.73 Å². The zero-order valence-corrected chi connectivity index (χ0v) is 11.4. The summed E-state index contributed by atoms with van der Waals surface area (Å²) < 4.78 is 7.31. The summed E-state index contributed by atoms with van der Waals surface area (Å²) in [6.07, 6.45) is 0.743. The van der Waals surface area contributed by atoms with Crippen molar-refractivity contribution in [3.63, 3.8) is 0 Å². The second-order valence-electron chi connectivity index (χ2n) is 4.04. The van der Waals surface area contributed by atoms with E-state index >= 15 is 0 Å². The molecular weight excluding hydrogens is 252 g/mol. The number of aryl methyl sites for hydroxylation is 1. The molecule has 0 unspecified atom stereocenters. The molecule has 2 N–H and O–H groups in total. The number of aromatic nitrogens is 5. The van der Waals surface area contributed by atoms with E-state index in [9.17, 15) is 0 Å². The van der Waals surface area contributed by atoms with Crippen LogP contribution in [0.3, 0.4) is 0 Å². The zero-order valence-electron chi connectivity index (χ0n) is 10.6. The second kappa shape index (κ2) is 5.38. The Kier molecular flexibility index (Phi) is 3.85. The van der Waals surface area contributed by atoms with E-state index in [1.807, 2.05) is 25.3 Å². The van der Waals surface area contributed by atoms with Gasteiger partial charge in [0.2, 0.25) is 17.7 Å². The average molecular weight is 268 g/mol. The summed E-state index contributed by atoms with van der Waals surface area (Å²) in [6, 6.07) is 0.219. The first-order chi connectivity index (χ1) is 8.61. The van der Waals surface area contributed by atoms with Crippen molar-refractivity contribution in [1.29, 1.82) is 0 Å². The monoisotopic (exact) mass is 268 g/mol. The molecule has 0 bridgehead atoms. The number of anilines is 1. The third kappa shape index (κ3) is 2.63. The van der Waals surface area contributed by atoms with Crippen molar-refractivity contribution in [2.45, 2.75) is 44.1 Å². The molecule has 0 aromatic carbocycles. The molecule has 2 heterocycles. The molecule has 2 aromatic heterocycles. The predicted octanol–water partition coefficient (Wildman–Crippen LogP) is 1.68. The van der Waals surface area contributed by atoms with Gasteiger partial charge >= 0.3 is 0 Å². The van der Waals surface area contributed by atoms with Crippen LogP contribution in [-0.2, 0) is 12.2 Å². The first-order valence-corrected chi connectivity index (χ1v) is 6.74. The van der Waals surface area contributed by atoms with Crippen LogP contribution in [-0.4, -0.2) is 25.0 Å². The van der Waals surface area contributed by atoms with E-state index in [1.54, 1.807) is 0 Å². The average Bonchev–Trinajstić information content (AvgIpc) is 2.92. The normalized spacial score (nSPS) is 11.3. The highest BCUT2D eigenvalue weighted by atomic mass is 32.2. The van der Waals surface area contributed by atoms with Crippen LogP contribution in [0.5, 0.6) is 0 Å². The van der Waals surface area contributed by atoms with Crippen molar-refractivity contribution in [3.8, 4) is 0 Å². The minimum absolute atomic E-state index is 0.219. The summed E-state index contributed by atoms with van der Waals surface area (Å²) in [5.41, 5.74) is 5.76. The standard InChI is InChI=1S/C10H16N6OS/c1-4-7-12-13-8(17-7)5-18-10-15-14-9(11)16(10)6(2)3/h6H,4-5H2,1-3H3,(H2,11,14). The molecular formula is C10H16N6OS. The Morgan fingerprint density at radius 2 is 1.94 bits per heavy atom. The number of nitrogens with two attached hydrogens (primary N) is 1. The van der Waals surface area contributed by atoms with Gasteiger partial charge in [-0.25, -0.2) is 0 Å². The second-order valence-corrected chi connectivity index (χ2v) is 4.98. The van der Waals surface area contributed by atoms with Gasteiger partial charge in [-0.1, -0.05) is 18.7 Å². The first-order valence-electron chi connectivity index (χ1n) is 5.76. The maximum Gasteiger partial charge on any atom is 0.226 e. The number of hydrogen-bond acceptors (Lipinski definition) is 7. The Morgan fingerprint density at radius 3 is 2.56 bits per heavy atom. The highest BCUT2D eigenvalue weighted by Crippen LogP contribution is 2.25. The highest BCUT2D eigenvalue weighted by Gasteiger charge is 2.14. The van der Waals surface area contributed by atoms with Gasteiger partial charge in [0.25, 0.3) is 0 Å². The van der Waals surface area contributed by atoms with Gasteiger partial charge < -0.3 is 10.2 Å². The van der Waals surface area contributed by atoms with Crippen LogP contribution in [0.4, 0.5) is 5.95 Å². The maximum atomic E-state index is 5.76. The lowest BCUT2D eigenvalue weighted by Crippen LogP contribution is -2.07. The molecule has 2 aromatic rings. The van der Waals surface area contributed by atoms with Crippen molar-refractivity contribution >= 4 is 17.7 Å². The molecule has 98 valence electrons. The summed E-state index contributed by atoms with van der Waals surface area (Å²) in [7, 11) is 0. The fraction of sp³-hybridized carbons (Fsp3) is 0.600. The summed E-state index contributed by atoms with van der Waals surface area (Å²) in [6.45, 7) is 6.04. The summed E-state index contributed by atoms with van der Waals surface area (Å²) in [4.78, 5) is 0. The Hall–Kier alpha value is -1.57. The number of rotatable bonds is 5. The molecule has 0 fully saturated rings. The van der Waals surface area contributed by atoms with Crippen molar-refractivity contribution < 1.29 is 4.42 Å². The van der Waals surface area contributed by atoms with Crippen molar-refractivity contribution in [1.82, 2.24) is 25.0 Å². The van der Waals surface area contributed by atoms with E-state index in [-0.39, 0.29) is 6.04 Å². The van der Waals surface area contributed by atoms with Crippen molar-refractivity contribution in [2.75, 3.05) is 5.73 Å². The van der Waals surface area contributed by atoms with Crippen LogP contribution in [0.2, 0.25) is 0 Å². The molecule has 7 nitrogen and oxygen atoms in total. The van der Waals surface area contributed by atoms with Gasteiger partial charge in [0.15, 0.2) is 5.16 Å². The third-order valence-corrected chi connectivity index (χ3v) is 3.27. The van der Waals surface area contributed by atoms with Crippen LogP contribution in [0.25, 0.3) is 0 Å². The largest absolute Gasteiger partial charge is 0.424 e. The summed E-state index contributed by atoms with van der Waals surface area (Å²) in [5, 5.41) is 16.5. The van der Waals surface area contributed by atoms with Crippen molar-refractivity contribution in [3.05, 3.63) is 11.8 Å². The minimum atomic E-state index is 0.219. The first kappa shape index (κ1) is 12.9. The number of thioether (sulfide) groups is 1. The summed E-state index contributed by atoms with van der Waals surface area (Å²) in [5.74, 6) is 2.23. The SMILES string of the molecule is CCc1nnc(CSc2nnc(N)n2C(C)C)o1. The fourth-order valence-electron chi connectivity index (χ4n) is 1.49. The van der Waals surface area contributed by atoms with Crippen LogP contribution >= 0.6 is 11.8 Å². The maximum absolute atomic E-state index is 5.76. The van der Waals surface area contributed by atoms with E-state index in [0.29, 0.717) is 23.5 Å². The van der Waals surface area contributed by atoms with Crippen LogP contribution in [0.1, 0.15) is 38.6 Å². The lowest BCUT2D eigenvalue weighted by Gasteiger charge is -2.10. The summed E-state index contributed by atoms with van der Waals surface area (Å²) >= 11 is 1.49. The van der Waals surface area contributed by atoms with Gasteiger partial charge in [-0.3, -0.25) is 4.57 Å². The van der Waals surface area contributed by atoms with Gasteiger partial charge in [0.05, 0.1) is 5.75 Å². The smallest absolute Gasteiger partial charge is 0.226 e. The lowest BCUT2D eigenvalue weighted by atomic mass is 10.4. The highest BCUT2D eigenvalue weighted by molar-refractivity contribution is 7.98. The van der Waals surface area contributed by atoms with E-state index in [0.717, 1.165) is 11.6 Å². The Balaban J connectivity index is 2.06. The molecule has 0 radical (unpaired) electrons. The van der Waals surface area contributed by atoms with E-state index in [4.69, 9.17) is 10.2 Å². The topological polar surface area (TPSA) is 95.6 Å². The van der Waals surface area contributed by atoms with Gasteiger partial charge in [0, 0.05) is 12.5 Å². The van der Waals surface area contributed by atoms with Crippen molar-refractivity contribution in [2.24, 2.45) is 0 Å². The zero-order chi connectivity index (χ0) is 13.1. The van der Waals surface area contributed by atoms with E-state index in [1.165, 1.54) is 11.8 Å².